The zero-order chi connectivity index (χ0) is 16.9. The number of carbonyl (C=O) groups excluding carboxylic acids is 1. The van der Waals surface area contributed by atoms with Gasteiger partial charge in [-0.15, -0.1) is 0 Å². The molecule has 9 heteroatoms. The first kappa shape index (κ1) is 14.9. The number of rotatable bonds is 3. The van der Waals surface area contributed by atoms with Crippen LogP contribution in [0, 0.1) is 6.92 Å². The van der Waals surface area contributed by atoms with Crippen LogP contribution >= 0.6 is 0 Å². The minimum absolute atomic E-state index is 0.105. The highest BCUT2D eigenvalue weighted by Gasteiger charge is 2.18. The number of aromatic nitrogens is 5. The topological polar surface area (TPSA) is 105 Å². The van der Waals surface area contributed by atoms with E-state index in [-0.39, 0.29) is 23.8 Å². The predicted molar refractivity (Wildman–Crippen MR) is 80.6 cm³/mol. The van der Waals surface area contributed by atoms with E-state index in [0.717, 1.165) is 4.57 Å². The van der Waals surface area contributed by atoms with Crippen LogP contribution in [0.4, 0.5) is 0 Å². The van der Waals surface area contributed by atoms with Crippen molar-refractivity contribution in [2.24, 2.45) is 14.1 Å². The third-order valence-electron chi connectivity index (χ3n) is 3.82. The van der Waals surface area contributed by atoms with Crippen LogP contribution in [0.25, 0.3) is 11.2 Å². The molecular formula is C14H15N5O4. The Morgan fingerprint density at radius 1 is 1.26 bits per heavy atom. The molecule has 0 aliphatic heterocycles. The van der Waals surface area contributed by atoms with Crippen molar-refractivity contribution in [2.45, 2.75) is 20.4 Å². The lowest BCUT2D eigenvalue weighted by Crippen LogP contribution is -2.39. The average Bonchev–Trinajstić information content (AvgIpc) is 3.08. The molecule has 0 radical (unpaired) electrons. The van der Waals surface area contributed by atoms with E-state index >= 15 is 0 Å². The molecule has 0 aliphatic carbocycles. The van der Waals surface area contributed by atoms with Gasteiger partial charge < -0.3 is 9.09 Å². The largest absolute Gasteiger partial charge is 0.359 e. The Balaban J connectivity index is 2.21. The molecule has 0 atom stereocenters. The molecule has 0 aromatic carbocycles. The smallest absolute Gasteiger partial charge is 0.332 e. The lowest BCUT2D eigenvalue weighted by molar-refractivity contribution is 0.100. The van der Waals surface area contributed by atoms with Gasteiger partial charge in [0.25, 0.3) is 5.56 Å². The highest BCUT2D eigenvalue weighted by Crippen LogP contribution is 2.09. The number of hydrogen-bond acceptors (Lipinski definition) is 6. The Hall–Kier alpha value is -2.97. The van der Waals surface area contributed by atoms with Crippen molar-refractivity contribution in [3.8, 4) is 0 Å². The summed E-state index contributed by atoms with van der Waals surface area (Å²) in [5.74, 6) is 0.633. The zero-order valence-corrected chi connectivity index (χ0v) is 13.2. The third kappa shape index (κ3) is 2.20. The summed E-state index contributed by atoms with van der Waals surface area (Å²) in [6.45, 7) is 3.01. The molecule has 0 bridgehead atoms. The predicted octanol–water partition coefficient (Wildman–Crippen LogP) is -0.0190. The Kier molecular flexibility index (Phi) is 3.28. The quantitative estimate of drug-likeness (QED) is 0.629. The second kappa shape index (κ2) is 5.04. The van der Waals surface area contributed by atoms with Gasteiger partial charge in [-0.25, -0.2) is 9.78 Å². The summed E-state index contributed by atoms with van der Waals surface area (Å²) < 4.78 is 9.01. The summed E-state index contributed by atoms with van der Waals surface area (Å²) in [6.07, 6.45) is 0. The van der Waals surface area contributed by atoms with Gasteiger partial charge in [-0.3, -0.25) is 18.7 Å². The minimum Gasteiger partial charge on any atom is -0.359 e. The Morgan fingerprint density at radius 2 is 1.96 bits per heavy atom. The van der Waals surface area contributed by atoms with Gasteiger partial charge in [-0.05, 0) is 6.92 Å². The van der Waals surface area contributed by atoms with Crippen molar-refractivity contribution in [2.75, 3.05) is 0 Å². The van der Waals surface area contributed by atoms with Gasteiger partial charge in [0.2, 0.25) is 0 Å². The first-order valence-corrected chi connectivity index (χ1v) is 6.90. The highest BCUT2D eigenvalue weighted by atomic mass is 16.5. The summed E-state index contributed by atoms with van der Waals surface area (Å²) in [4.78, 5) is 40.6. The molecule has 0 aliphatic rings. The molecule has 0 amide bonds. The number of hydrogen-bond donors (Lipinski definition) is 0. The average molecular weight is 317 g/mol. The summed E-state index contributed by atoms with van der Waals surface area (Å²) in [5.41, 5.74) is -0.162. The summed E-state index contributed by atoms with van der Waals surface area (Å²) in [6, 6.07) is 1.42. The Labute approximate surface area is 129 Å². The van der Waals surface area contributed by atoms with Crippen LogP contribution in [-0.2, 0) is 20.6 Å². The molecule has 0 fully saturated rings. The first-order valence-electron chi connectivity index (χ1n) is 6.90. The molecule has 9 nitrogen and oxygen atoms in total. The van der Waals surface area contributed by atoms with Crippen LogP contribution in [0.2, 0.25) is 0 Å². The lowest BCUT2D eigenvalue weighted by atomic mass is 10.3. The molecule has 3 aromatic rings. The van der Waals surface area contributed by atoms with Crippen molar-refractivity contribution in [3.05, 3.63) is 44.2 Å². The van der Waals surface area contributed by atoms with Gasteiger partial charge in [0, 0.05) is 27.1 Å². The molecule has 120 valence electrons. The molecule has 3 rings (SSSR count). The highest BCUT2D eigenvalue weighted by molar-refractivity contribution is 5.91. The van der Waals surface area contributed by atoms with E-state index < -0.39 is 11.2 Å². The second-order valence-corrected chi connectivity index (χ2v) is 5.36. The first-order chi connectivity index (χ1) is 10.8. The third-order valence-corrected chi connectivity index (χ3v) is 3.82. The minimum atomic E-state index is -0.513. The fourth-order valence-corrected chi connectivity index (χ4v) is 2.40. The molecule has 0 saturated heterocycles. The molecular weight excluding hydrogens is 302 g/mol. The lowest BCUT2D eigenvalue weighted by Gasteiger charge is -2.06. The van der Waals surface area contributed by atoms with E-state index in [1.54, 1.807) is 25.6 Å². The van der Waals surface area contributed by atoms with Crippen LogP contribution < -0.4 is 11.2 Å². The van der Waals surface area contributed by atoms with Crippen molar-refractivity contribution >= 4 is 16.9 Å². The number of carbonyl (C=O) groups is 1. The number of Topliss-reactive ketones (excluding diaryl/α,β-unsaturated/α-hetero) is 1. The van der Waals surface area contributed by atoms with Crippen LogP contribution in [0.3, 0.4) is 0 Å². The summed E-state index contributed by atoms with van der Waals surface area (Å²) in [5, 5.41) is 3.61. The van der Waals surface area contributed by atoms with Crippen molar-refractivity contribution in [1.82, 2.24) is 23.8 Å². The van der Waals surface area contributed by atoms with Gasteiger partial charge in [0.15, 0.2) is 22.7 Å². The summed E-state index contributed by atoms with van der Waals surface area (Å²) in [7, 11) is 3.26. The van der Waals surface area contributed by atoms with E-state index in [4.69, 9.17) is 4.52 Å². The molecule has 3 heterocycles. The SMILES string of the molecule is CC(=O)c1cc(Cn2c(=O)c3c(nc(C)n3C)n(C)c2=O)on1. The number of fused-ring (bicyclic) bond motifs is 1. The van der Waals surface area contributed by atoms with E-state index in [1.807, 2.05) is 0 Å². The standard InChI is InChI=1S/C14H15N5O4/c1-7(20)10-5-9(23-16-10)6-19-13(21)11-12(18(4)14(19)22)15-8(2)17(11)3/h5H,6H2,1-4H3. The molecule has 0 saturated carbocycles. The van der Waals surface area contributed by atoms with Crippen LogP contribution in [0.15, 0.2) is 20.2 Å². The zero-order valence-electron chi connectivity index (χ0n) is 13.2. The van der Waals surface area contributed by atoms with Crippen molar-refractivity contribution in [3.63, 3.8) is 0 Å². The van der Waals surface area contributed by atoms with E-state index in [0.29, 0.717) is 17.0 Å². The maximum atomic E-state index is 12.6. The molecule has 0 spiro atoms. The van der Waals surface area contributed by atoms with Crippen molar-refractivity contribution in [1.29, 1.82) is 0 Å². The monoisotopic (exact) mass is 317 g/mol. The molecule has 23 heavy (non-hydrogen) atoms. The van der Waals surface area contributed by atoms with Crippen molar-refractivity contribution < 1.29 is 9.32 Å². The van der Waals surface area contributed by atoms with Gasteiger partial charge in [0.1, 0.15) is 11.5 Å². The fraction of sp³-hybridized carbons (Fsp3) is 0.357. The number of aryl methyl sites for hydroxylation is 3. The molecule has 3 aromatic heterocycles. The fourth-order valence-electron chi connectivity index (χ4n) is 2.40. The van der Waals surface area contributed by atoms with E-state index in [2.05, 4.69) is 10.1 Å². The Bertz CT molecular complexity index is 1050. The van der Waals surface area contributed by atoms with Gasteiger partial charge in [0.05, 0.1) is 6.54 Å². The van der Waals surface area contributed by atoms with Gasteiger partial charge in [-0.2, -0.15) is 0 Å². The van der Waals surface area contributed by atoms with Crippen LogP contribution in [-0.4, -0.2) is 29.6 Å². The molecule has 0 N–H and O–H groups in total. The number of nitrogens with zero attached hydrogens (tertiary/aromatic N) is 5. The molecule has 0 unspecified atom stereocenters. The Morgan fingerprint density at radius 3 is 2.57 bits per heavy atom. The van der Waals surface area contributed by atoms with Gasteiger partial charge in [-0.1, -0.05) is 5.16 Å². The maximum Gasteiger partial charge on any atom is 0.332 e. The second-order valence-electron chi connectivity index (χ2n) is 5.36. The van der Waals surface area contributed by atoms with Gasteiger partial charge >= 0.3 is 5.69 Å². The number of imidazole rings is 1. The van der Waals surface area contributed by atoms with E-state index in [9.17, 15) is 14.4 Å². The normalized spacial score (nSPS) is 11.3. The number of ketones is 1. The van der Waals surface area contributed by atoms with Crippen LogP contribution in [0.5, 0.6) is 0 Å². The van der Waals surface area contributed by atoms with E-state index in [1.165, 1.54) is 17.6 Å². The maximum absolute atomic E-state index is 12.6. The summed E-state index contributed by atoms with van der Waals surface area (Å²) >= 11 is 0. The van der Waals surface area contributed by atoms with Crippen LogP contribution in [0.1, 0.15) is 29.0 Å².